The molecule has 0 amide bonds. The molecule has 0 spiro atoms. The SMILES string of the molecule is C[CH]c1nc(CCCCCCCCCCC)c(CCCCCCCCCCC)c(CCCCCCCCCCC)n1. The first-order chi connectivity index (χ1) is 20.3. The van der Waals surface area contributed by atoms with E-state index >= 15 is 0 Å². The van der Waals surface area contributed by atoms with Crippen molar-refractivity contribution >= 4 is 0 Å². The molecule has 0 aliphatic rings. The molecule has 0 N–H and O–H groups in total. The van der Waals surface area contributed by atoms with Gasteiger partial charge in [0.1, 0.15) is 5.82 Å². The highest BCUT2D eigenvalue weighted by atomic mass is 14.9. The Hall–Kier alpha value is -0.920. The van der Waals surface area contributed by atoms with Crippen molar-refractivity contribution in [3.05, 3.63) is 29.2 Å². The summed E-state index contributed by atoms with van der Waals surface area (Å²) in [5.74, 6) is 0.970. The molecule has 41 heavy (non-hydrogen) atoms. The van der Waals surface area contributed by atoms with E-state index in [0.29, 0.717) is 0 Å². The van der Waals surface area contributed by atoms with Gasteiger partial charge in [0.05, 0.1) is 0 Å². The van der Waals surface area contributed by atoms with Crippen LogP contribution < -0.4 is 0 Å². The van der Waals surface area contributed by atoms with E-state index in [9.17, 15) is 0 Å². The molecule has 0 saturated carbocycles. The van der Waals surface area contributed by atoms with E-state index in [1.54, 1.807) is 0 Å². The Balaban J connectivity index is 2.60. The molecule has 0 unspecified atom stereocenters. The quantitative estimate of drug-likeness (QED) is 0.0831. The molecule has 0 aliphatic heterocycles. The van der Waals surface area contributed by atoms with Crippen LogP contribution in [0.15, 0.2) is 0 Å². The molecular formula is C39H73N2. The smallest absolute Gasteiger partial charge is 0.132 e. The average molecular weight is 570 g/mol. The van der Waals surface area contributed by atoms with E-state index in [2.05, 4.69) is 34.1 Å². The van der Waals surface area contributed by atoms with Gasteiger partial charge in [-0.3, -0.25) is 0 Å². The van der Waals surface area contributed by atoms with Crippen molar-refractivity contribution in [3.8, 4) is 0 Å². The molecule has 0 fully saturated rings. The Morgan fingerprint density at radius 1 is 0.366 bits per heavy atom. The van der Waals surface area contributed by atoms with Gasteiger partial charge in [0.15, 0.2) is 0 Å². The number of hydrogen-bond acceptors (Lipinski definition) is 2. The number of nitrogens with zero attached hydrogens (tertiary/aromatic N) is 2. The average Bonchev–Trinajstić information content (AvgIpc) is 2.99. The molecule has 0 saturated heterocycles. The third-order valence-corrected chi connectivity index (χ3v) is 9.02. The lowest BCUT2D eigenvalue weighted by Gasteiger charge is -2.16. The monoisotopic (exact) mass is 570 g/mol. The van der Waals surface area contributed by atoms with Crippen LogP contribution in [-0.4, -0.2) is 9.97 Å². The van der Waals surface area contributed by atoms with Crippen LogP contribution in [-0.2, 0) is 19.3 Å². The Bertz CT molecular complexity index is 639. The predicted molar refractivity (Wildman–Crippen MR) is 184 cm³/mol. The van der Waals surface area contributed by atoms with Crippen molar-refractivity contribution < 1.29 is 0 Å². The first-order valence-electron chi connectivity index (χ1n) is 18.9. The molecule has 0 bridgehead atoms. The third kappa shape index (κ3) is 21.4. The Kier molecular flexibility index (Phi) is 27.1. The highest BCUT2D eigenvalue weighted by Gasteiger charge is 2.14. The van der Waals surface area contributed by atoms with Crippen molar-refractivity contribution in [2.24, 2.45) is 0 Å². The van der Waals surface area contributed by atoms with Crippen molar-refractivity contribution in [2.75, 3.05) is 0 Å². The molecule has 1 rings (SSSR count). The summed E-state index contributed by atoms with van der Waals surface area (Å²) in [6.07, 6.45) is 43.1. The Labute approximate surface area is 259 Å². The van der Waals surface area contributed by atoms with Gasteiger partial charge in [0.2, 0.25) is 0 Å². The highest BCUT2D eigenvalue weighted by Crippen LogP contribution is 2.22. The second-order valence-corrected chi connectivity index (χ2v) is 13.0. The molecule has 0 aliphatic carbocycles. The second-order valence-electron chi connectivity index (χ2n) is 13.0. The van der Waals surface area contributed by atoms with Gasteiger partial charge in [-0.05, 0) is 44.1 Å². The van der Waals surface area contributed by atoms with E-state index < -0.39 is 0 Å². The maximum atomic E-state index is 5.10. The second kappa shape index (κ2) is 29.2. The molecule has 239 valence electrons. The molecular weight excluding hydrogens is 496 g/mol. The first-order valence-corrected chi connectivity index (χ1v) is 18.9. The van der Waals surface area contributed by atoms with Gasteiger partial charge in [-0.25, -0.2) is 9.97 Å². The Morgan fingerprint density at radius 3 is 0.927 bits per heavy atom. The molecule has 1 aromatic rings. The normalized spacial score (nSPS) is 11.5. The van der Waals surface area contributed by atoms with Crippen molar-refractivity contribution in [2.45, 2.75) is 220 Å². The van der Waals surface area contributed by atoms with E-state index in [1.807, 2.05) is 0 Å². The number of rotatable bonds is 31. The van der Waals surface area contributed by atoms with E-state index in [-0.39, 0.29) is 0 Å². The number of aromatic nitrogens is 2. The van der Waals surface area contributed by atoms with Crippen LogP contribution in [0, 0.1) is 6.42 Å². The summed E-state index contributed by atoms with van der Waals surface area (Å²) in [5.41, 5.74) is 4.32. The summed E-state index contributed by atoms with van der Waals surface area (Å²) >= 11 is 0. The van der Waals surface area contributed by atoms with Gasteiger partial charge in [-0.2, -0.15) is 0 Å². The molecule has 1 aromatic heterocycles. The molecule has 1 heterocycles. The fraction of sp³-hybridized carbons (Fsp3) is 0.872. The van der Waals surface area contributed by atoms with Gasteiger partial charge in [0, 0.05) is 17.8 Å². The number of hydrogen-bond donors (Lipinski definition) is 0. The van der Waals surface area contributed by atoms with Gasteiger partial charge in [-0.1, -0.05) is 182 Å². The van der Waals surface area contributed by atoms with Gasteiger partial charge >= 0.3 is 0 Å². The van der Waals surface area contributed by atoms with Crippen LogP contribution in [0.3, 0.4) is 0 Å². The summed E-state index contributed by atoms with van der Waals surface area (Å²) in [4.78, 5) is 10.2. The molecule has 0 atom stereocenters. The van der Waals surface area contributed by atoms with Crippen LogP contribution >= 0.6 is 0 Å². The van der Waals surface area contributed by atoms with Gasteiger partial charge in [0.25, 0.3) is 0 Å². The number of aryl methyl sites for hydroxylation is 2. The topological polar surface area (TPSA) is 25.8 Å². The maximum absolute atomic E-state index is 5.10. The predicted octanol–water partition coefficient (Wildman–Crippen LogP) is 13.3. The lowest BCUT2D eigenvalue weighted by Crippen LogP contribution is -2.10. The highest BCUT2D eigenvalue weighted by molar-refractivity contribution is 5.28. The first kappa shape index (κ1) is 38.1. The van der Waals surface area contributed by atoms with Crippen molar-refractivity contribution in [1.29, 1.82) is 0 Å². The lowest BCUT2D eigenvalue weighted by atomic mass is 9.96. The molecule has 0 aromatic carbocycles. The summed E-state index contributed by atoms with van der Waals surface area (Å²) in [5, 5.41) is 0. The largest absolute Gasteiger partial charge is 0.237 e. The standard InChI is InChI=1S/C39H73N2/c1-5-9-12-15-18-21-24-27-30-33-36-37(34-31-28-25-22-19-16-13-10-6-2)40-39(8-4)41-38(36)35-32-29-26-23-20-17-14-11-7-3/h8H,5-7,9-35H2,1-4H3. The van der Waals surface area contributed by atoms with E-state index in [0.717, 1.165) is 18.7 Å². The lowest BCUT2D eigenvalue weighted by molar-refractivity contribution is 0.554. The van der Waals surface area contributed by atoms with E-state index in [4.69, 9.17) is 9.97 Å². The fourth-order valence-corrected chi connectivity index (χ4v) is 6.25. The van der Waals surface area contributed by atoms with Gasteiger partial charge in [-0.15, -0.1) is 0 Å². The summed E-state index contributed by atoms with van der Waals surface area (Å²) < 4.78 is 0. The molecule has 1 radical (unpaired) electrons. The van der Waals surface area contributed by atoms with Crippen molar-refractivity contribution in [3.63, 3.8) is 0 Å². The maximum Gasteiger partial charge on any atom is 0.132 e. The minimum atomic E-state index is 0.970. The Morgan fingerprint density at radius 2 is 0.634 bits per heavy atom. The van der Waals surface area contributed by atoms with Crippen LogP contribution in [0.1, 0.15) is 224 Å². The van der Waals surface area contributed by atoms with Crippen LogP contribution in [0.5, 0.6) is 0 Å². The summed E-state index contributed by atoms with van der Waals surface area (Å²) in [7, 11) is 0. The van der Waals surface area contributed by atoms with Crippen LogP contribution in [0.4, 0.5) is 0 Å². The zero-order valence-electron chi connectivity index (χ0n) is 28.7. The molecule has 2 heteroatoms. The van der Waals surface area contributed by atoms with Gasteiger partial charge < -0.3 is 0 Å². The zero-order chi connectivity index (χ0) is 29.6. The third-order valence-electron chi connectivity index (χ3n) is 9.02. The fourth-order valence-electron chi connectivity index (χ4n) is 6.25. The zero-order valence-corrected chi connectivity index (χ0v) is 28.7. The van der Waals surface area contributed by atoms with Crippen LogP contribution in [0.25, 0.3) is 0 Å². The van der Waals surface area contributed by atoms with E-state index in [1.165, 1.54) is 197 Å². The van der Waals surface area contributed by atoms with Crippen LogP contribution in [0.2, 0.25) is 0 Å². The molecule has 2 nitrogen and oxygen atoms in total. The minimum absolute atomic E-state index is 0.970. The van der Waals surface area contributed by atoms with Crippen molar-refractivity contribution in [1.82, 2.24) is 9.97 Å². The summed E-state index contributed by atoms with van der Waals surface area (Å²) in [6, 6.07) is 0. The summed E-state index contributed by atoms with van der Waals surface area (Å²) in [6.45, 7) is 9.03. The number of unbranched alkanes of at least 4 members (excludes halogenated alkanes) is 24. The minimum Gasteiger partial charge on any atom is -0.237 e.